The monoisotopic (exact) mass is 457 g/mol. The SMILES string of the molecule is Cc1cc(C(=O)C2C(=O)C(=O)N(Cc3cccnc3)C2c2cccnc2)ccc1OCC(C)C. The minimum Gasteiger partial charge on any atom is -0.493 e. The van der Waals surface area contributed by atoms with Gasteiger partial charge in [-0.25, -0.2) is 0 Å². The van der Waals surface area contributed by atoms with Gasteiger partial charge in [-0.1, -0.05) is 26.0 Å². The van der Waals surface area contributed by atoms with Gasteiger partial charge in [0, 0.05) is 36.9 Å². The quantitative estimate of drug-likeness (QED) is 0.289. The maximum atomic E-state index is 13.6. The van der Waals surface area contributed by atoms with Crippen molar-refractivity contribution in [2.24, 2.45) is 11.8 Å². The van der Waals surface area contributed by atoms with Crippen molar-refractivity contribution < 1.29 is 19.1 Å². The highest BCUT2D eigenvalue weighted by atomic mass is 16.5. The predicted molar refractivity (Wildman–Crippen MR) is 126 cm³/mol. The third-order valence-electron chi connectivity index (χ3n) is 5.82. The molecule has 1 aliphatic rings. The van der Waals surface area contributed by atoms with Gasteiger partial charge in [0.1, 0.15) is 11.7 Å². The maximum Gasteiger partial charge on any atom is 0.291 e. The van der Waals surface area contributed by atoms with E-state index in [1.165, 1.54) is 4.90 Å². The topological polar surface area (TPSA) is 89.5 Å². The van der Waals surface area contributed by atoms with Gasteiger partial charge in [0.25, 0.3) is 5.91 Å². The normalized spacial score (nSPS) is 17.9. The molecule has 1 aromatic carbocycles. The van der Waals surface area contributed by atoms with E-state index in [1.807, 2.05) is 13.0 Å². The van der Waals surface area contributed by atoms with Crippen molar-refractivity contribution in [3.05, 3.63) is 89.5 Å². The standard InChI is InChI=1S/C27H27N3O4/c1-17(2)16-34-22-9-8-20(12-18(22)3)25(31)23-24(21-7-5-11-29-14-21)30(27(33)26(23)32)15-19-6-4-10-28-13-19/h4-14,17,23-24H,15-16H2,1-3H3. The van der Waals surface area contributed by atoms with E-state index in [0.29, 0.717) is 29.4 Å². The van der Waals surface area contributed by atoms with E-state index in [-0.39, 0.29) is 12.3 Å². The van der Waals surface area contributed by atoms with Crippen molar-refractivity contribution in [3.63, 3.8) is 0 Å². The highest BCUT2D eigenvalue weighted by Crippen LogP contribution is 2.39. The largest absolute Gasteiger partial charge is 0.493 e. The first-order chi connectivity index (χ1) is 16.4. The van der Waals surface area contributed by atoms with Crippen LogP contribution in [-0.4, -0.2) is 38.9 Å². The van der Waals surface area contributed by atoms with E-state index in [9.17, 15) is 14.4 Å². The highest BCUT2D eigenvalue weighted by molar-refractivity contribution is 6.44. The highest BCUT2D eigenvalue weighted by Gasteiger charge is 2.51. The molecule has 2 aromatic heterocycles. The van der Waals surface area contributed by atoms with Crippen molar-refractivity contribution in [1.82, 2.24) is 14.9 Å². The van der Waals surface area contributed by atoms with Gasteiger partial charge in [0.2, 0.25) is 5.78 Å². The lowest BCUT2D eigenvalue weighted by molar-refractivity contribution is -0.141. The van der Waals surface area contributed by atoms with E-state index in [2.05, 4.69) is 23.8 Å². The summed E-state index contributed by atoms with van der Waals surface area (Å²) in [6.45, 7) is 6.72. The van der Waals surface area contributed by atoms with Crippen molar-refractivity contribution >= 4 is 17.5 Å². The Bertz CT molecular complexity index is 1200. The average Bonchev–Trinajstić information content (AvgIpc) is 3.09. The first-order valence-corrected chi connectivity index (χ1v) is 11.3. The molecule has 4 rings (SSSR count). The first kappa shape index (κ1) is 23.3. The zero-order valence-corrected chi connectivity index (χ0v) is 19.5. The molecule has 1 aliphatic heterocycles. The molecule has 0 saturated carbocycles. The van der Waals surface area contributed by atoms with Gasteiger partial charge in [-0.3, -0.25) is 24.4 Å². The summed E-state index contributed by atoms with van der Waals surface area (Å²) in [6, 6.07) is 11.5. The fraction of sp³-hybridized carbons (Fsp3) is 0.296. The lowest BCUT2D eigenvalue weighted by Crippen LogP contribution is -2.30. The molecule has 34 heavy (non-hydrogen) atoms. The molecular formula is C27H27N3O4. The zero-order valence-electron chi connectivity index (χ0n) is 19.5. The lowest BCUT2D eigenvalue weighted by atomic mass is 9.86. The minimum absolute atomic E-state index is 0.169. The van der Waals surface area contributed by atoms with E-state index in [0.717, 1.165) is 11.1 Å². The number of pyridine rings is 2. The van der Waals surface area contributed by atoms with Crippen LogP contribution in [0.5, 0.6) is 5.75 Å². The summed E-state index contributed by atoms with van der Waals surface area (Å²) in [4.78, 5) is 49.6. The fourth-order valence-electron chi connectivity index (χ4n) is 4.17. The molecule has 1 fully saturated rings. The van der Waals surface area contributed by atoms with Crippen molar-refractivity contribution in [3.8, 4) is 5.75 Å². The number of amides is 1. The van der Waals surface area contributed by atoms with Crippen molar-refractivity contribution in [1.29, 1.82) is 0 Å². The summed E-state index contributed by atoms with van der Waals surface area (Å²) >= 11 is 0. The zero-order chi connectivity index (χ0) is 24.2. The molecule has 7 nitrogen and oxygen atoms in total. The third kappa shape index (κ3) is 4.73. The van der Waals surface area contributed by atoms with Crippen LogP contribution in [0.2, 0.25) is 0 Å². The van der Waals surface area contributed by atoms with Crippen LogP contribution in [0.25, 0.3) is 0 Å². The summed E-state index contributed by atoms with van der Waals surface area (Å²) in [5.74, 6) is -1.87. The summed E-state index contributed by atoms with van der Waals surface area (Å²) in [6.07, 6.45) is 6.50. The van der Waals surface area contributed by atoms with Crippen LogP contribution in [-0.2, 0) is 16.1 Å². The Morgan fingerprint density at radius 3 is 2.41 bits per heavy atom. The van der Waals surface area contributed by atoms with Gasteiger partial charge in [0.15, 0.2) is 5.78 Å². The first-order valence-electron chi connectivity index (χ1n) is 11.3. The predicted octanol–water partition coefficient (Wildman–Crippen LogP) is 3.97. The molecule has 3 aromatic rings. The number of aryl methyl sites for hydroxylation is 1. The van der Waals surface area contributed by atoms with Crippen LogP contribution in [0.15, 0.2) is 67.3 Å². The Kier molecular flexibility index (Phi) is 6.82. The Hall–Kier alpha value is -3.87. The number of aromatic nitrogens is 2. The molecule has 0 N–H and O–H groups in total. The molecule has 0 spiro atoms. The number of nitrogens with zero attached hydrogens (tertiary/aromatic N) is 3. The molecule has 2 atom stereocenters. The number of Topliss-reactive ketones (excluding diaryl/α,β-unsaturated/α-hetero) is 2. The number of benzene rings is 1. The summed E-state index contributed by atoms with van der Waals surface area (Å²) in [5.41, 5.74) is 2.58. The third-order valence-corrected chi connectivity index (χ3v) is 5.82. The van der Waals surface area contributed by atoms with Gasteiger partial charge >= 0.3 is 0 Å². The van der Waals surface area contributed by atoms with Gasteiger partial charge in [-0.05, 0) is 59.9 Å². The molecule has 1 amide bonds. The summed E-state index contributed by atoms with van der Waals surface area (Å²) in [5, 5.41) is 0. The number of hydrogen-bond donors (Lipinski definition) is 0. The van der Waals surface area contributed by atoms with Crippen LogP contribution in [0.1, 0.15) is 46.9 Å². The van der Waals surface area contributed by atoms with Crippen LogP contribution in [0, 0.1) is 18.8 Å². The van der Waals surface area contributed by atoms with E-state index >= 15 is 0 Å². The Morgan fingerprint density at radius 1 is 1.06 bits per heavy atom. The number of rotatable bonds is 8. The van der Waals surface area contributed by atoms with Gasteiger partial charge in [0.05, 0.1) is 12.6 Å². The van der Waals surface area contributed by atoms with E-state index in [4.69, 9.17) is 4.74 Å². The van der Waals surface area contributed by atoms with E-state index < -0.39 is 23.7 Å². The Morgan fingerprint density at radius 2 is 1.79 bits per heavy atom. The minimum atomic E-state index is -1.16. The Labute approximate surface area is 198 Å². The summed E-state index contributed by atoms with van der Waals surface area (Å²) in [7, 11) is 0. The number of ketones is 2. The lowest BCUT2D eigenvalue weighted by Gasteiger charge is -2.27. The van der Waals surface area contributed by atoms with E-state index in [1.54, 1.807) is 61.2 Å². The number of carbonyl (C=O) groups excluding carboxylic acids is 3. The van der Waals surface area contributed by atoms with Crippen LogP contribution in [0.4, 0.5) is 0 Å². The molecule has 3 heterocycles. The second-order valence-corrected chi connectivity index (χ2v) is 8.92. The number of hydrogen-bond acceptors (Lipinski definition) is 6. The number of carbonyl (C=O) groups is 3. The molecule has 0 radical (unpaired) electrons. The number of ether oxygens (including phenoxy) is 1. The van der Waals surface area contributed by atoms with Crippen LogP contribution in [0.3, 0.4) is 0 Å². The molecule has 0 aliphatic carbocycles. The van der Waals surface area contributed by atoms with Gasteiger partial charge in [-0.15, -0.1) is 0 Å². The Balaban J connectivity index is 1.69. The smallest absolute Gasteiger partial charge is 0.291 e. The number of likely N-dealkylation sites (tertiary alicyclic amines) is 1. The van der Waals surface area contributed by atoms with Gasteiger partial charge in [-0.2, -0.15) is 0 Å². The van der Waals surface area contributed by atoms with Gasteiger partial charge < -0.3 is 9.64 Å². The molecule has 7 heteroatoms. The average molecular weight is 458 g/mol. The second kappa shape index (κ2) is 9.95. The fourth-order valence-corrected chi connectivity index (χ4v) is 4.17. The van der Waals surface area contributed by atoms with Crippen molar-refractivity contribution in [2.75, 3.05) is 6.61 Å². The van der Waals surface area contributed by atoms with Crippen LogP contribution >= 0.6 is 0 Å². The molecule has 1 saturated heterocycles. The van der Waals surface area contributed by atoms with Crippen LogP contribution < -0.4 is 4.74 Å². The second-order valence-electron chi connectivity index (χ2n) is 8.92. The molecular weight excluding hydrogens is 430 g/mol. The van der Waals surface area contributed by atoms with Crippen molar-refractivity contribution in [2.45, 2.75) is 33.4 Å². The molecule has 174 valence electrons. The maximum absolute atomic E-state index is 13.6. The molecule has 2 unspecified atom stereocenters. The molecule has 0 bridgehead atoms. The summed E-state index contributed by atoms with van der Waals surface area (Å²) < 4.78 is 5.82.